The molecular formula is C7H15N. The molecule has 2 radical (unpaired) electrons. The second-order valence-corrected chi connectivity index (χ2v) is 2.13. The van der Waals surface area contributed by atoms with Crippen LogP contribution in [0.1, 0.15) is 13.8 Å². The molecule has 48 valence electrons. The quantitative estimate of drug-likeness (QED) is 0.534. The molecular weight excluding hydrogens is 98.1 g/mol. The molecule has 0 saturated carbocycles. The molecule has 0 amide bonds. The van der Waals surface area contributed by atoms with E-state index in [-0.39, 0.29) is 0 Å². The van der Waals surface area contributed by atoms with Crippen molar-refractivity contribution in [2.75, 3.05) is 13.1 Å². The van der Waals surface area contributed by atoms with Gasteiger partial charge in [-0.2, -0.15) is 0 Å². The summed E-state index contributed by atoms with van der Waals surface area (Å²) in [6.07, 6.45) is 0. The van der Waals surface area contributed by atoms with Gasteiger partial charge in [0.2, 0.25) is 0 Å². The molecule has 0 rings (SSSR count). The van der Waals surface area contributed by atoms with Gasteiger partial charge in [0.1, 0.15) is 0 Å². The van der Waals surface area contributed by atoms with Gasteiger partial charge in [-0.25, -0.2) is 0 Å². The highest BCUT2D eigenvalue weighted by molar-refractivity contribution is 4.63. The molecule has 0 aliphatic heterocycles. The van der Waals surface area contributed by atoms with Crippen LogP contribution in [0.4, 0.5) is 0 Å². The molecule has 0 heterocycles. The maximum atomic E-state index is 3.76. The molecule has 0 aromatic rings. The zero-order valence-corrected chi connectivity index (χ0v) is 5.85. The van der Waals surface area contributed by atoms with Gasteiger partial charge in [-0.1, -0.05) is 0 Å². The molecule has 0 bridgehead atoms. The van der Waals surface area contributed by atoms with Crippen molar-refractivity contribution < 1.29 is 0 Å². The van der Waals surface area contributed by atoms with Crippen LogP contribution in [0.2, 0.25) is 0 Å². The van der Waals surface area contributed by atoms with Crippen LogP contribution < -0.4 is 0 Å². The first-order chi connectivity index (χ1) is 3.72. The summed E-state index contributed by atoms with van der Waals surface area (Å²) < 4.78 is 0. The minimum atomic E-state index is 0.588. The Morgan fingerprint density at radius 2 is 1.62 bits per heavy atom. The van der Waals surface area contributed by atoms with Crippen molar-refractivity contribution in [1.82, 2.24) is 4.90 Å². The van der Waals surface area contributed by atoms with Gasteiger partial charge in [-0.15, -0.1) is 0 Å². The SMILES string of the molecule is [CH2]CN(C[CH2])C(C)C. The standard InChI is InChI=1S/C7H15N/c1-5-8(6-2)7(3)4/h7H,1-2,5-6H2,3-4H3. The van der Waals surface area contributed by atoms with Crippen LogP contribution in [0.5, 0.6) is 0 Å². The van der Waals surface area contributed by atoms with E-state index in [9.17, 15) is 0 Å². The van der Waals surface area contributed by atoms with Crippen LogP contribution in [0.25, 0.3) is 0 Å². The summed E-state index contributed by atoms with van der Waals surface area (Å²) in [5.74, 6) is 0. The summed E-state index contributed by atoms with van der Waals surface area (Å²) in [4.78, 5) is 2.19. The van der Waals surface area contributed by atoms with E-state index < -0.39 is 0 Å². The van der Waals surface area contributed by atoms with Crippen molar-refractivity contribution in [3.05, 3.63) is 13.8 Å². The van der Waals surface area contributed by atoms with Gasteiger partial charge in [0.25, 0.3) is 0 Å². The molecule has 0 atom stereocenters. The van der Waals surface area contributed by atoms with E-state index in [0.717, 1.165) is 13.1 Å². The van der Waals surface area contributed by atoms with Gasteiger partial charge in [0.05, 0.1) is 0 Å². The number of rotatable bonds is 3. The fourth-order valence-electron chi connectivity index (χ4n) is 0.628. The highest BCUT2D eigenvalue weighted by Crippen LogP contribution is 1.93. The van der Waals surface area contributed by atoms with E-state index in [1.807, 2.05) is 0 Å². The summed E-state index contributed by atoms with van der Waals surface area (Å²) in [5.41, 5.74) is 0. The van der Waals surface area contributed by atoms with E-state index in [2.05, 4.69) is 32.6 Å². The third kappa shape index (κ3) is 2.31. The fourth-order valence-corrected chi connectivity index (χ4v) is 0.628. The Morgan fingerprint density at radius 3 is 1.62 bits per heavy atom. The summed E-state index contributed by atoms with van der Waals surface area (Å²) in [6.45, 7) is 13.6. The molecule has 0 aromatic carbocycles. The lowest BCUT2D eigenvalue weighted by molar-refractivity contribution is 0.270. The van der Waals surface area contributed by atoms with Gasteiger partial charge in [0.15, 0.2) is 0 Å². The highest BCUT2D eigenvalue weighted by Gasteiger charge is 2.00. The Bertz CT molecular complexity index is 46.3. The minimum Gasteiger partial charge on any atom is -0.301 e. The zero-order chi connectivity index (χ0) is 6.57. The van der Waals surface area contributed by atoms with E-state index in [0.29, 0.717) is 6.04 Å². The Hall–Kier alpha value is -0.0400. The van der Waals surface area contributed by atoms with Crippen molar-refractivity contribution in [3.63, 3.8) is 0 Å². The van der Waals surface area contributed by atoms with Crippen molar-refractivity contribution in [3.8, 4) is 0 Å². The zero-order valence-electron chi connectivity index (χ0n) is 5.85. The molecule has 0 aromatic heterocycles. The average Bonchev–Trinajstić information content (AvgIpc) is 1.69. The molecule has 0 aliphatic carbocycles. The van der Waals surface area contributed by atoms with E-state index in [1.54, 1.807) is 0 Å². The third-order valence-electron chi connectivity index (χ3n) is 1.30. The molecule has 1 heteroatoms. The average molecular weight is 113 g/mol. The Kier molecular flexibility index (Phi) is 3.88. The van der Waals surface area contributed by atoms with E-state index in [4.69, 9.17) is 0 Å². The summed E-state index contributed by atoms with van der Waals surface area (Å²) in [6, 6.07) is 0.588. The van der Waals surface area contributed by atoms with Crippen LogP contribution in [0.3, 0.4) is 0 Å². The molecule has 1 nitrogen and oxygen atoms in total. The lowest BCUT2D eigenvalue weighted by Gasteiger charge is -2.21. The van der Waals surface area contributed by atoms with Gasteiger partial charge in [-0.3, -0.25) is 0 Å². The first-order valence-corrected chi connectivity index (χ1v) is 3.05. The van der Waals surface area contributed by atoms with Crippen molar-refractivity contribution >= 4 is 0 Å². The monoisotopic (exact) mass is 113 g/mol. The van der Waals surface area contributed by atoms with Gasteiger partial charge in [0, 0.05) is 6.04 Å². The first-order valence-electron chi connectivity index (χ1n) is 3.05. The van der Waals surface area contributed by atoms with Crippen LogP contribution >= 0.6 is 0 Å². The smallest absolute Gasteiger partial charge is 0.00385 e. The highest BCUT2D eigenvalue weighted by atomic mass is 15.1. The van der Waals surface area contributed by atoms with Crippen LogP contribution in [0.15, 0.2) is 0 Å². The van der Waals surface area contributed by atoms with E-state index >= 15 is 0 Å². The second-order valence-electron chi connectivity index (χ2n) is 2.13. The van der Waals surface area contributed by atoms with Gasteiger partial charge in [-0.05, 0) is 40.8 Å². The molecule has 0 fully saturated rings. The number of nitrogens with zero attached hydrogens (tertiary/aromatic N) is 1. The number of hydrogen-bond acceptors (Lipinski definition) is 1. The normalized spacial score (nSPS) is 11.2. The van der Waals surface area contributed by atoms with Crippen LogP contribution in [0, 0.1) is 13.8 Å². The lowest BCUT2D eigenvalue weighted by atomic mass is 10.3. The van der Waals surface area contributed by atoms with E-state index in [1.165, 1.54) is 0 Å². The fraction of sp³-hybridized carbons (Fsp3) is 0.714. The predicted octanol–water partition coefficient (Wildman–Crippen LogP) is 1.36. The van der Waals surface area contributed by atoms with Gasteiger partial charge >= 0.3 is 0 Å². The molecule has 0 saturated heterocycles. The lowest BCUT2D eigenvalue weighted by Crippen LogP contribution is -2.30. The van der Waals surface area contributed by atoms with Crippen molar-refractivity contribution in [2.24, 2.45) is 0 Å². The second kappa shape index (κ2) is 3.90. The molecule has 0 N–H and O–H groups in total. The Labute approximate surface area is 52.7 Å². The predicted molar refractivity (Wildman–Crippen MR) is 37.4 cm³/mol. The minimum absolute atomic E-state index is 0.588. The Balaban J connectivity index is 3.35. The number of hydrogen-bond donors (Lipinski definition) is 0. The first kappa shape index (κ1) is 7.96. The summed E-state index contributed by atoms with van der Waals surface area (Å²) >= 11 is 0. The topological polar surface area (TPSA) is 3.24 Å². The molecule has 8 heavy (non-hydrogen) atoms. The van der Waals surface area contributed by atoms with Crippen LogP contribution in [-0.2, 0) is 0 Å². The summed E-state index contributed by atoms with van der Waals surface area (Å²) in [5, 5.41) is 0. The van der Waals surface area contributed by atoms with Crippen molar-refractivity contribution in [2.45, 2.75) is 19.9 Å². The molecule has 0 spiro atoms. The van der Waals surface area contributed by atoms with Gasteiger partial charge < -0.3 is 4.90 Å². The maximum Gasteiger partial charge on any atom is 0.00385 e. The largest absolute Gasteiger partial charge is 0.301 e. The maximum absolute atomic E-state index is 3.76. The molecule has 0 unspecified atom stereocenters. The van der Waals surface area contributed by atoms with Crippen LogP contribution in [-0.4, -0.2) is 24.0 Å². The van der Waals surface area contributed by atoms with Crippen molar-refractivity contribution in [1.29, 1.82) is 0 Å². The third-order valence-corrected chi connectivity index (χ3v) is 1.30. The summed E-state index contributed by atoms with van der Waals surface area (Å²) in [7, 11) is 0. The molecule has 0 aliphatic rings. The Morgan fingerprint density at radius 1 is 1.25 bits per heavy atom.